The molecule has 8 heteroatoms. The topological polar surface area (TPSA) is 98.5 Å². The molecule has 7 nitrogen and oxygen atoms in total. The molecular weight excluding hydrogens is 372 g/mol. The highest BCUT2D eigenvalue weighted by Crippen LogP contribution is 2.28. The van der Waals surface area contributed by atoms with Gasteiger partial charge in [0.2, 0.25) is 5.91 Å². The van der Waals surface area contributed by atoms with Gasteiger partial charge in [-0.25, -0.2) is 0 Å². The van der Waals surface area contributed by atoms with Crippen LogP contribution in [-0.4, -0.2) is 29.8 Å². The molecule has 1 amide bonds. The smallest absolute Gasteiger partial charge is 0.271 e. The Morgan fingerprint density at radius 2 is 1.89 bits per heavy atom. The zero-order valence-electron chi connectivity index (χ0n) is 14.7. The fraction of sp³-hybridized carbons (Fsp3) is 0.263. The Kier molecular flexibility index (Phi) is 7.31. The van der Waals surface area contributed by atoms with Crippen LogP contribution in [0.1, 0.15) is 29.3 Å². The summed E-state index contributed by atoms with van der Waals surface area (Å²) in [5.41, 5.74) is 1.42. The number of halogens is 1. The van der Waals surface area contributed by atoms with E-state index in [0.717, 1.165) is 18.4 Å². The van der Waals surface area contributed by atoms with E-state index in [2.05, 4.69) is 5.32 Å². The van der Waals surface area contributed by atoms with Crippen molar-refractivity contribution in [3.8, 4) is 5.75 Å². The number of carbonyl (C=O) groups is 2. The lowest BCUT2D eigenvalue weighted by atomic mass is 10.1. The van der Waals surface area contributed by atoms with Crippen LogP contribution in [0.4, 0.5) is 5.69 Å². The number of ketones is 1. The van der Waals surface area contributed by atoms with Crippen LogP contribution in [0.25, 0.3) is 0 Å². The number of nitro benzene ring substituents is 1. The minimum absolute atomic E-state index is 0.0518. The highest BCUT2D eigenvalue weighted by atomic mass is 35.5. The van der Waals surface area contributed by atoms with Gasteiger partial charge in [-0.1, -0.05) is 35.9 Å². The van der Waals surface area contributed by atoms with Crippen molar-refractivity contribution < 1.29 is 19.2 Å². The standard InChI is InChI=1S/C19H19ClN2O5/c1-13(23)21-10-2-3-14-4-6-15(7-5-14)18(24)12-27-19-9-8-16(22(25)26)11-17(19)20/h4-9,11H,2-3,10,12H2,1H3,(H,21,23). The number of hydrogen-bond acceptors (Lipinski definition) is 5. The first-order valence-corrected chi connectivity index (χ1v) is 8.68. The SMILES string of the molecule is CC(=O)NCCCc1ccc(C(=O)COc2ccc([N+](=O)[O-])cc2Cl)cc1. The summed E-state index contributed by atoms with van der Waals surface area (Å²) in [6.45, 7) is 1.87. The van der Waals surface area contributed by atoms with Gasteiger partial charge in [0.25, 0.3) is 5.69 Å². The highest BCUT2D eigenvalue weighted by Gasteiger charge is 2.12. The molecule has 0 bridgehead atoms. The highest BCUT2D eigenvalue weighted by molar-refractivity contribution is 6.32. The summed E-state index contributed by atoms with van der Waals surface area (Å²) in [5, 5.41) is 13.5. The summed E-state index contributed by atoms with van der Waals surface area (Å²) < 4.78 is 5.38. The summed E-state index contributed by atoms with van der Waals surface area (Å²) >= 11 is 5.94. The van der Waals surface area contributed by atoms with E-state index < -0.39 is 4.92 Å². The minimum atomic E-state index is -0.557. The number of benzene rings is 2. The Hall–Kier alpha value is -2.93. The van der Waals surface area contributed by atoms with Gasteiger partial charge >= 0.3 is 0 Å². The first-order chi connectivity index (χ1) is 12.9. The van der Waals surface area contributed by atoms with Crippen molar-refractivity contribution in [1.82, 2.24) is 5.32 Å². The van der Waals surface area contributed by atoms with E-state index >= 15 is 0 Å². The van der Waals surface area contributed by atoms with Crippen LogP contribution in [0.2, 0.25) is 5.02 Å². The van der Waals surface area contributed by atoms with Gasteiger partial charge in [0, 0.05) is 31.2 Å². The van der Waals surface area contributed by atoms with Gasteiger partial charge in [-0.3, -0.25) is 19.7 Å². The molecule has 0 fully saturated rings. The normalized spacial score (nSPS) is 10.3. The van der Waals surface area contributed by atoms with Crippen LogP contribution in [0.5, 0.6) is 5.75 Å². The largest absolute Gasteiger partial charge is 0.484 e. The number of nitrogens with one attached hydrogen (secondary N) is 1. The maximum Gasteiger partial charge on any atom is 0.271 e. The number of Topliss-reactive ketones (excluding diaryl/α,β-unsaturated/α-hetero) is 1. The van der Waals surface area contributed by atoms with Crippen LogP contribution < -0.4 is 10.1 Å². The predicted octanol–water partition coefficient (Wildman–Crippen LogP) is 3.58. The quantitative estimate of drug-likeness (QED) is 0.305. The van der Waals surface area contributed by atoms with Crippen LogP contribution in [0.15, 0.2) is 42.5 Å². The summed E-state index contributed by atoms with van der Waals surface area (Å²) in [5.74, 6) is -0.0662. The zero-order valence-corrected chi connectivity index (χ0v) is 15.5. The van der Waals surface area contributed by atoms with Crippen molar-refractivity contribution in [2.45, 2.75) is 19.8 Å². The molecule has 2 aromatic carbocycles. The number of nitro groups is 1. The molecule has 142 valence electrons. The van der Waals surface area contributed by atoms with Gasteiger partial charge in [0.15, 0.2) is 12.4 Å². The predicted molar refractivity (Wildman–Crippen MR) is 101 cm³/mol. The summed E-state index contributed by atoms with van der Waals surface area (Å²) in [4.78, 5) is 33.2. The van der Waals surface area contributed by atoms with Crippen molar-refractivity contribution in [3.05, 3.63) is 68.7 Å². The summed E-state index contributed by atoms with van der Waals surface area (Å²) in [6.07, 6.45) is 1.61. The number of nitrogens with zero attached hydrogens (tertiary/aromatic N) is 1. The Bertz CT molecular complexity index is 836. The fourth-order valence-electron chi connectivity index (χ4n) is 2.36. The molecule has 0 saturated carbocycles. The maximum absolute atomic E-state index is 12.2. The number of amides is 1. The second-order valence-corrected chi connectivity index (χ2v) is 6.27. The van der Waals surface area contributed by atoms with Gasteiger partial charge in [0.05, 0.1) is 9.95 Å². The first-order valence-electron chi connectivity index (χ1n) is 8.30. The van der Waals surface area contributed by atoms with Gasteiger partial charge in [0.1, 0.15) is 5.75 Å². The zero-order chi connectivity index (χ0) is 19.8. The number of non-ortho nitro benzene ring substituents is 1. The molecule has 0 unspecified atom stereocenters. The molecule has 2 rings (SSSR count). The fourth-order valence-corrected chi connectivity index (χ4v) is 2.59. The second-order valence-electron chi connectivity index (χ2n) is 5.87. The number of ether oxygens (including phenoxy) is 1. The van der Waals surface area contributed by atoms with E-state index in [4.69, 9.17) is 16.3 Å². The third kappa shape index (κ3) is 6.38. The van der Waals surface area contributed by atoms with Gasteiger partial charge in [-0.2, -0.15) is 0 Å². The van der Waals surface area contributed by atoms with Crippen molar-refractivity contribution >= 4 is 29.0 Å². The molecule has 0 aliphatic heterocycles. The van der Waals surface area contributed by atoms with Crippen LogP contribution >= 0.6 is 11.6 Å². The van der Waals surface area contributed by atoms with Crippen molar-refractivity contribution in [2.24, 2.45) is 0 Å². The van der Waals surface area contributed by atoms with Crippen LogP contribution in [0.3, 0.4) is 0 Å². The number of carbonyl (C=O) groups excluding carboxylic acids is 2. The second kappa shape index (κ2) is 9.68. The molecule has 0 aromatic heterocycles. The average Bonchev–Trinajstić information content (AvgIpc) is 2.64. The molecule has 0 heterocycles. The molecule has 27 heavy (non-hydrogen) atoms. The third-order valence-corrected chi connectivity index (χ3v) is 4.07. The van der Waals surface area contributed by atoms with E-state index in [-0.39, 0.29) is 34.8 Å². The minimum Gasteiger partial charge on any atom is -0.484 e. The van der Waals surface area contributed by atoms with Crippen molar-refractivity contribution in [3.63, 3.8) is 0 Å². The number of rotatable bonds is 9. The lowest BCUT2D eigenvalue weighted by Gasteiger charge is -2.08. The first kappa shape index (κ1) is 20.4. The van der Waals surface area contributed by atoms with E-state index in [1.165, 1.54) is 25.1 Å². The average molecular weight is 391 g/mol. The summed E-state index contributed by atoms with van der Waals surface area (Å²) in [7, 11) is 0. The monoisotopic (exact) mass is 390 g/mol. The van der Waals surface area contributed by atoms with Gasteiger partial charge in [-0.15, -0.1) is 0 Å². The lowest BCUT2D eigenvalue weighted by Crippen LogP contribution is -2.21. The van der Waals surface area contributed by atoms with E-state index in [0.29, 0.717) is 12.1 Å². The van der Waals surface area contributed by atoms with Gasteiger partial charge in [-0.05, 0) is 24.5 Å². The molecule has 0 aliphatic carbocycles. The Balaban J connectivity index is 1.87. The van der Waals surface area contributed by atoms with Gasteiger partial charge < -0.3 is 10.1 Å². The molecule has 1 N–H and O–H groups in total. The molecule has 0 aliphatic rings. The molecule has 0 spiro atoms. The van der Waals surface area contributed by atoms with E-state index in [1.807, 2.05) is 12.1 Å². The number of aryl methyl sites for hydroxylation is 1. The van der Waals surface area contributed by atoms with E-state index in [1.54, 1.807) is 12.1 Å². The molecular formula is C19H19ClN2O5. The Morgan fingerprint density at radius 1 is 1.19 bits per heavy atom. The van der Waals surface area contributed by atoms with Crippen LogP contribution in [-0.2, 0) is 11.2 Å². The Morgan fingerprint density at radius 3 is 2.48 bits per heavy atom. The molecule has 2 aromatic rings. The molecule has 0 saturated heterocycles. The van der Waals surface area contributed by atoms with Crippen molar-refractivity contribution in [2.75, 3.05) is 13.2 Å². The number of hydrogen-bond donors (Lipinski definition) is 1. The maximum atomic E-state index is 12.2. The van der Waals surface area contributed by atoms with Crippen molar-refractivity contribution in [1.29, 1.82) is 0 Å². The lowest BCUT2D eigenvalue weighted by molar-refractivity contribution is -0.384. The third-order valence-electron chi connectivity index (χ3n) is 3.78. The molecule has 0 atom stereocenters. The van der Waals surface area contributed by atoms with E-state index in [9.17, 15) is 19.7 Å². The van der Waals surface area contributed by atoms with Crippen LogP contribution in [0, 0.1) is 10.1 Å². The molecule has 0 radical (unpaired) electrons. The Labute approximate surface area is 161 Å². The summed E-state index contributed by atoms with van der Waals surface area (Å²) in [6, 6.07) is 11.0.